The Hall–Kier alpha value is -2.14. The molecule has 0 N–H and O–H groups in total. The summed E-state index contributed by atoms with van der Waals surface area (Å²) >= 11 is 1.35. The SMILES string of the molecule is COC(=O)/C=c1\s/c(=C/C(=O)OC)c2ccccc12. The van der Waals surface area contributed by atoms with Gasteiger partial charge in [0.2, 0.25) is 0 Å². The Balaban J connectivity index is 2.75. The van der Waals surface area contributed by atoms with E-state index in [2.05, 4.69) is 9.47 Å². The van der Waals surface area contributed by atoms with Gasteiger partial charge < -0.3 is 9.47 Å². The first-order valence-corrected chi connectivity index (χ1v) is 6.34. The number of fused-ring (bicyclic) bond motifs is 1. The first-order chi connectivity index (χ1) is 9.15. The molecule has 0 saturated heterocycles. The summed E-state index contributed by atoms with van der Waals surface area (Å²) in [4.78, 5) is 22.7. The lowest BCUT2D eigenvalue weighted by atomic mass is 10.2. The summed E-state index contributed by atoms with van der Waals surface area (Å²) in [5.74, 6) is -0.840. The highest BCUT2D eigenvalue weighted by Gasteiger charge is 2.04. The number of carbonyl (C=O) groups is 2. The van der Waals surface area contributed by atoms with Crippen LogP contribution in [-0.4, -0.2) is 26.2 Å². The molecule has 4 nitrogen and oxygen atoms in total. The fourth-order valence-corrected chi connectivity index (χ4v) is 2.81. The maximum absolute atomic E-state index is 11.3. The van der Waals surface area contributed by atoms with Crippen LogP contribution in [0, 0.1) is 0 Å². The molecule has 0 bridgehead atoms. The Labute approximate surface area is 113 Å². The fraction of sp³-hybridized carbons (Fsp3) is 0.143. The van der Waals surface area contributed by atoms with Crippen LogP contribution in [0.2, 0.25) is 0 Å². The lowest BCUT2D eigenvalue weighted by Crippen LogP contribution is -2.04. The second-order valence-corrected chi connectivity index (χ2v) is 4.79. The standard InChI is InChI=1S/C14H12O4S/c1-17-13(15)7-11-9-5-3-4-6-10(9)12(19-11)8-14(16)18-2/h3-8H,1-2H3/b11-7-,12-8+. The summed E-state index contributed by atoms with van der Waals surface area (Å²) in [5, 5.41) is 1.82. The number of hydrogen-bond acceptors (Lipinski definition) is 5. The second kappa shape index (κ2) is 5.67. The molecule has 0 spiro atoms. The molecule has 5 heteroatoms. The van der Waals surface area contributed by atoms with E-state index < -0.39 is 11.9 Å². The Kier molecular flexibility index (Phi) is 3.97. The quantitative estimate of drug-likeness (QED) is 0.762. The summed E-state index contributed by atoms with van der Waals surface area (Å²) < 4.78 is 10.8. The highest BCUT2D eigenvalue weighted by Crippen LogP contribution is 2.07. The third-order valence-electron chi connectivity index (χ3n) is 2.58. The van der Waals surface area contributed by atoms with Gasteiger partial charge in [0, 0.05) is 32.0 Å². The van der Waals surface area contributed by atoms with Crippen LogP contribution in [0.3, 0.4) is 0 Å². The summed E-state index contributed by atoms with van der Waals surface area (Å²) in [7, 11) is 2.66. The normalized spacial score (nSPS) is 12.7. The first-order valence-electron chi connectivity index (χ1n) is 5.52. The van der Waals surface area contributed by atoms with Gasteiger partial charge in [0.05, 0.1) is 14.2 Å². The van der Waals surface area contributed by atoms with Crippen molar-refractivity contribution in [1.29, 1.82) is 0 Å². The monoisotopic (exact) mass is 276 g/mol. The van der Waals surface area contributed by atoms with E-state index in [1.54, 1.807) is 0 Å². The Bertz CT molecular complexity index is 680. The molecule has 1 aromatic carbocycles. The van der Waals surface area contributed by atoms with E-state index in [0.29, 0.717) is 0 Å². The fourth-order valence-electron chi connectivity index (χ4n) is 1.69. The van der Waals surface area contributed by atoms with Crippen molar-refractivity contribution < 1.29 is 19.1 Å². The van der Waals surface area contributed by atoms with E-state index in [0.717, 1.165) is 19.8 Å². The van der Waals surface area contributed by atoms with Gasteiger partial charge in [-0.25, -0.2) is 9.59 Å². The molecule has 0 saturated carbocycles. The first kappa shape index (κ1) is 13.3. The highest BCUT2D eigenvalue weighted by atomic mass is 32.1. The Morgan fingerprint density at radius 2 is 1.37 bits per heavy atom. The molecule has 0 aliphatic carbocycles. The van der Waals surface area contributed by atoms with Gasteiger partial charge in [0.15, 0.2) is 0 Å². The van der Waals surface area contributed by atoms with Crippen molar-refractivity contribution in [3.63, 3.8) is 0 Å². The summed E-state index contributed by atoms with van der Waals surface area (Å²) in [5.41, 5.74) is 0. The molecule has 2 aromatic rings. The Morgan fingerprint density at radius 1 is 0.947 bits per heavy atom. The molecule has 0 unspecified atom stereocenters. The molecule has 0 amide bonds. The zero-order valence-corrected chi connectivity index (χ0v) is 11.3. The van der Waals surface area contributed by atoms with Crippen LogP contribution in [0.4, 0.5) is 0 Å². The van der Waals surface area contributed by atoms with Gasteiger partial charge >= 0.3 is 11.9 Å². The summed E-state index contributed by atoms with van der Waals surface area (Å²) in [6.45, 7) is 0. The molecule has 19 heavy (non-hydrogen) atoms. The lowest BCUT2D eigenvalue weighted by Gasteiger charge is -1.90. The van der Waals surface area contributed by atoms with Gasteiger partial charge in [-0.15, -0.1) is 11.3 Å². The number of methoxy groups -OCH3 is 2. The smallest absolute Gasteiger partial charge is 0.331 e. The van der Waals surface area contributed by atoms with E-state index in [1.165, 1.54) is 37.7 Å². The molecule has 0 radical (unpaired) electrons. The molecule has 1 aromatic heterocycles. The van der Waals surface area contributed by atoms with Crippen LogP contribution in [0.15, 0.2) is 24.3 Å². The molecule has 0 aliphatic rings. The third kappa shape index (κ3) is 2.82. The van der Waals surface area contributed by atoms with Crippen molar-refractivity contribution in [3.8, 4) is 0 Å². The van der Waals surface area contributed by atoms with Crippen LogP contribution in [-0.2, 0) is 19.1 Å². The van der Waals surface area contributed by atoms with Crippen LogP contribution in [0.25, 0.3) is 22.9 Å². The predicted molar refractivity (Wildman–Crippen MR) is 74.0 cm³/mol. The summed E-state index contributed by atoms with van der Waals surface area (Å²) in [6, 6.07) is 7.56. The zero-order chi connectivity index (χ0) is 13.8. The van der Waals surface area contributed by atoms with Crippen molar-refractivity contribution in [2.24, 2.45) is 0 Å². The number of thiophene rings is 1. The number of rotatable bonds is 2. The number of hydrogen-bond donors (Lipinski definition) is 0. The molecule has 0 fully saturated rings. The van der Waals surface area contributed by atoms with E-state index in [-0.39, 0.29) is 0 Å². The van der Waals surface area contributed by atoms with Gasteiger partial charge in [-0.3, -0.25) is 0 Å². The minimum absolute atomic E-state index is 0.420. The molecule has 98 valence electrons. The number of carbonyl (C=O) groups excluding carboxylic acids is 2. The van der Waals surface area contributed by atoms with E-state index in [9.17, 15) is 9.59 Å². The van der Waals surface area contributed by atoms with Crippen molar-refractivity contribution in [2.75, 3.05) is 14.2 Å². The molecule has 0 aliphatic heterocycles. The number of benzene rings is 1. The zero-order valence-electron chi connectivity index (χ0n) is 10.5. The van der Waals surface area contributed by atoms with Crippen molar-refractivity contribution in [2.45, 2.75) is 0 Å². The second-order valence-electron chi connectivity index (χ2n) is 3.71. The van der Waals surface area contributed by atoms with Gasteiger partial charge in [0.25, 0.3) is 0 Å². The van der Waals surface area contributed by atoms with Crippen LogP contribution < -0.4 is 9.06 Å². The molecule has 0 atom stereocenters. The van der Waals surface area contributed by atoms with E-state index in [1.807, 2.05) is 24.3 Å². The maximum Gasteiger partial charge on any atom is 0.331 e. The van der Waals surface area contributed by atoms with Crippen LogP contribution >= 0.6 is 11.3 Å². The van der Waals surface area contributed by atoms with Gasteiger partial charge in [-0.2, -0.15) is 0 Å². The van der Waals surface area contributed by atoms with Crippen LogP contribution in [0.5, 0.6) is 0 Å². The topological polar surface area (TPSA) is 52.6 Å². The van der Waals surface area contributed by atoms with Gasteiger partial charge in [-0.05, 0) is 0 Å². The largest absolute Gasteiger partial charge is 0.466 e. The van der Waals surface area contributed by atoms with Gasteiger partial charge in [0.1, 0.15) is 0 Å². The molecule has 1 heterocycles. The maximum atomic E-state index is 11.3. The third-order valence-corrected chi connectivity index (χ3v) is 3.69. The Morgan fingerprint density at radius 3 is 1.74 bits per heavy atom. The molecule has 2 rings (SSSR count). The highest BCUT2D eigenvalue weighted by molar-refractivity contribution is 7.09. The minimum atomic E-state index is -0.420. The van der Waals surface area contributed by atoms with Crippen molar-refractivity contribution in [3.05, 3.63) is 33.3 Å². The average Bonchev–Trinajstić information content (AvgIpc) is 2.77. The van der Waals surface area contributed by atoms with Gasteiger partial charge in [-0.1, -0.05) is 24.3 Å². The van der Waals surface area contributed by atoms with E-state index >= 15 is 0 Å². The molecular weight excluding hydrogens is 264 g/mol. The number of ether oxygens (including phenoxy) is 2. The lowest BCUT2D eigenvalue weighted by molar-refractivity contribution is -0.134. The minimum Gasteiger partial charge on any atom is -0.466 e. The number of esters is 2. The predicted octanol–water partition coefficient (Wildman–Crippen LogP) is 0.808. The summed E-state index contributed by atoms with van der Waals surface area (Å²) in [6.07, 6.45) is 2.84. The van der Waals surface area contributed by atoms with Crippen molar-refractivity contribution in [1.82, 2.24) is 0 Å². The van der Waals surface area contributed by atoms with E-state index in [4.69, 9.17) is 0 Å². The molecular formula is C14H12O4S. The average molecular weight is 276 g/mol. The van der Waals surface area contributed by atoms with Crippen LogP contribution in [0.1, 0.15) is 0 Å². The van der Waals surface area contributed by atoms with Crippen molar-refractivity contribution >= 4 is 46.2 Å².